The number of aliphatic carboxylic acids is 1. The van der Waals surface area contributed by atoms with Crippen molar-refractivity contribution in [1.29, 1.82) is 0 Å². The van der Waals surface area contributed by atoms with Gasteiger partial charge in [0, 0.05) is 6.54 Å². The quantitative estimate of drug-likeness (QED) is 0.892. The van der Waals surface area contributed by atoms with Crippen molar-refractivity contribution in [2.24, 2.45) is 5.41 Å². The molecule has 1 aromatic heterocycles. The number of hydrogen-bond donors (Lipinski definition) is 1. The third-order valence-corrected chi connectivity index (χ3v) is 4.97. The Morgan fingerprint density at radius 3 is 2.72 bits per heavy atom. The summed E-state index contributed by atoms with van der Waals surface area (Å²) < 4.78 is 0. The summed E-state index contributed by atoms with van der Waals surface area (Å²) in [7, 11) is 0. The van der Waals surface area contributed by atoms with E-state index in [-0.39, 0.29) is 0 Å². The van der Waals surface area contributed by atoms with E-state index in [9.17, 15) is 9.90 Å². The van der Waals surface area contributed by atoms with Crippen molar-refractivity contribution in [2.75, 3.05) is 19.6 Å². The van der Waals surface area contributed by atoms with Gasteiger partial charge in [-0.2, -0.15) is 11.3 Å². The molecule has 4 heteroatoms. The number of hydrogen-bond acceptors (Lipinski definition) is 3. The Morgan fingerprint density at radius 2 is 2.22 bits per heavy atom. The van der Waals surface area contributed by atoms with Crippen molar-refractivity contribution >= 4 is 17.3 Å². The smallest absolute Gasteiger partial charge is 0.309 e. The van der Waals surface area contributed by atoms with Gasteiger partial charge in [0.25, 0.3) is 0 Å². The number of carbonyl (C=O) groups is 1. The zero-order chi connectivity index (χ0) is 13.0. The molecule has 1 saturated heterocycles. The van der Waals surface area contributed by atoms with Crippen molar-refractivity contribution < 1.29 is 9.90 Å². The first-order chi connectivity index (χ1) is 8.66. The maximum Gasteiger partial charge on any atom is 0.309 e. The van der Waals surface area contributed by atoms with E-state index >= 15 is 0 Å². The van der Waals surface area contributed by atoms with Crippen LogP contribution in [-0.4, -0.2) is 35.6 Å². The van der Waals surface area contributed by atoms with Gasteiger partial charge in [-0.1, -0.05) is 6.92 Å². The van der Waals surface area contributed by atoms with Gasteiger partial charge in [0.1, 0.15) is 0 Å². The molecule has 0 saturated carbocycles. The summed E-state index contributed by atoms with van der Waals surface area (Å²) in [6.45, 7) is 4.89. The molecule has 1 fully saturated rings. The van der Waals surface area contributed by atoms with Gasteiger partial charge in [0.15, 0.2) is 0 Å². The van der Waals surface area contributed by atoms with Crippen molar-refractivity contribution in [2.45, 2.75) is 32.6 Å². The molecule has 1 aromatic rings. The molecule has 0 bridgehead atoms. The SMILES string of the molecule is CCC1(C(=O)O)CCN(CCc2ccsc2)CC1. The highest BCUT2D eigenvalue weighted by atomic mass is 32.1. The van der Waals surface area contributed by atoms with Crippen LogP contribution in [0.1, 0.15) is 31.7 Å². The Labute approximate surface area is 112 Å². The van der Waals surface area contributed by atoms with E-state index in [2.05, 4.69) is 21.7 Å². The average molecular weight is 267 g/mol. The van der Waals surface area contributed by atoms with Gasteiger partial charge in [0.2, 0.25) is 0 Å². The molecule has 1 aliphatic heterocycles. The maximum atomic E-state index is 11.3. The number of rotatable bonds is 5. The first-order valence-electron chi connectivity index (χ1n) is 6.63. The summed E-state index contributed by atoms with van der Waals surface area (Å²) in [6.07, 6.45) is 3.42. The molecule has 0 radical (unpaired) electrons. The van der Waals surface area contributed by atoms with Crippen LogP contribution in [-0.2, 0) is 11.2 Å². The summed E-state index contributed by atoms with van der Waals surface area (Å²) >= 11 is 1.74. The number of nitrogens with zero attached hydrogens (tertiary/aromatic N) is 1. The fourth-order valence-electron chi connectivity index (χ4n) is 2.65. The second kappa shape index (κ2) is 5.85. The van der Waals surface area contributed by atoms with Crippen LogP contribution >= 0.6 is 11.3 Å². The molecule has 0 amide bonds. The van der Waals surface area contributed by atoms with Crippen LogP contribution in [0.3, 0.4) is 0 Å². The zero-order valence-electron chi connectivity index (χ0n) is 10.9. The monoisotopic (exact) mass is 267 g/mol. The molecule has 2 rings (SSSR count). The molecule has 1 aliphatic rings. The molecule has 1 N–H and O–H groups in total. The fourth-order valence-corrected chi connectivity index (χ4v) is 3.35. The third-order valence-electron chi connectivity index (χ3n) is 4.24. The average Bonchev–Trinajstić information content (AvgIpc) is 2.90. The predicted molar refractivity (Wildman–Crippen MR) is 74.1 cm³/mol. The minimum atomic E-state index is -0.609. The standard InChI is InChI=1S/C14H21NO2S/c1-2-14(13(16)17)5-8-15(9-6-14)7-3-12-4-10-18-11-12/h4,10-11H,2-3,5-9H2,1H3,(H,16,17). The molecule has 0 unspecified atom stereocenters. The lowest BCUT2D eigenvalue weighted by atomic mass is 9.76. The Kier molecular flexibility index (Phi) is 4.40. The first-order valence-corrected chi connectivity index (χ1v) is 7.57. The van der Waals surface area contributed by atoms with Crippen LogP contribution in [0.25, 0.3) is 0 Å². The molecule has 2 heterocycles. The molecule has 0 atom stereocenters. The fraction of sp³-hybridized carbons (Fsp3) is 0.643. The Hall–Kier alpha value is -0.870. The van der Waals surface area contributed by atoms with E-state index in [1.165, 1.54) is 5.56 Å². The highest BCUT2D eigenvalue weighted by Gasteiger charge is 2.39. The Morgan fingerprint density at radius 1 is 1.50 bits per heavy atom. The summed E-state index contributed by atoms with van der Waals surface area (Å²) in [6, 6.07) is 2.17. The molecule has 18 heavy (non-hydrogen) atoms. The summed E-state index contributed by atoms with van der Waals surface area (Å²) in [4.78, 5) is 13.7. The van der Waals surface area contributed by atoms with Gasteiger partial charge < -0.3 is 10.0 Å². The molecule has 100 valence electrons. The van der Waals surface area contributed by atoms with Gasteiger partial charge in [-0.15, -0.1) is 0 Å². The van der Waals surface area contributed by atoms with Crippen LogP contribution in [0.15, 0.2) is 16.8 Å². The van der Waals surface area contributed by atoms with E-state index in [4.69, 9.17) is 0 Å². The minimum Gasteiger partial charge on any atom is -0.481 e. The Bertz CT molecular complexity index is 381. The molecule has 3 nitrogen and oxygen atoms in total. The molecule has 0 spiro atoms. The van der Waals surface area contributed by atoms with E-state index in [0.717, 1.165) is 45.3 Å². The van der Waals surface area contributed by atoms with Crippen molar-refractivity contribution in [1.82, 2.24) is 4.90 Å². The highest BCUT2D eigenvalue weighted by molar-refractivity contribution is 7.07. The summed E-state index contributed by atoms with van der Waals surface area (Å²) in [5, 5.41) is 13.6. The first kappa shape index (κ1) is 13.6. The number of thiophene rings is 1. The van der Waals surface area contributed by atoms with E-state index in [0.29, 0.717) is 0 Å². The normalized spacial score (nSPS) is 19.8. The molecular formula is C14H21NO2S. The highest BCUT2D eigenvalue weighted by Crippen LogP contribution is 2.35. The molecule has 0 aliphatic carbocycles. The van der Waals surface area contributed by atoms with Crippen LogP contribution < -0.4 is 0 Å². The van der Waals surface area contributed by atoms with Crippen LogP contribution in [0.2, 0.25) is 0 Å². The van der Waals surface area contributed by atoms with Gasteiger partial charge >= 0.3 is 5.97 Å². The van der Waals surface area contributed by atoms with E-state index < -0.39 is 11.4 Å². The lowest BCUT2D eigenvalue weighted by Gasteiger charge is -2.38. The topological polar surface area (TPSA) is 40.5 Å². The van der Waals surface area contributed by atoms with Gasteiger partial charge in [0.05, 0.1) is 5.41 Å². The maximum absolute atomic E-state index is 11.3. The van der Waals surface area contributed by atoms with Gasteiger partial charge in [-0.05, 0) is 61.2 Å². The number of carboxylic acid groups (broad SMARTS) is 1. The molecule has 0 aromatic carbocycles. The predicted octanol–water partition coefficient (Wildman–Crippen LogP) is 2.87. The second-order valence-electron chi connectivity index (χ2n) is 5.16. The summed E-state index contributed by atoms with van der Waals surface area (Å²) in [5.74, 6) is -0.609. The minimum absolute atomic E-state index is 0.459. The number of likely N-dealkylation sites (tertiary alicyclic amines) is 1. The second-order valence-corrected chi connectivity index (χ2v) is 5.94. The lowest BCUT2D eigenvalue weighted by molar-refractivity contribution is -0.152. The van der Waals surface area contributed by atoms with Crippen molar-refractivity contribution in [3.05, 3.63) is 22.4 Å². The number of carboxylic acids is 1. The zero-order valence-corrected chi connectivity index (χ0v) is 11.7. The Balaban J connectivity index is 1.81. The third kappa shape index (κ3) is 2.93. The van der Waals surface area contributed by atoms with Gasteiger partial charge in [-0.3, -0.25) is 4.79 Å². The van der Waals surface area contributed by atoms with Gasteiger partial charge in [-0.25, -0.2) is 0 Å². The van der Waals surface area contributed by atoms with Crippen molar-refractivity contribution in [3.8, 4) is 0 Å². The van der Waals surface area contributed by atoms with E-state index in [1.54, 1.807) is 11.3 Å². The summed E-state index contributed by atoms with van der Waals surface area (Å²) in [5.41, 5.74) is 0.935. The number of piperidine rings is 1. The molecular weight excluding hydrogens is 246 g/mol. The van der Waals surface area contributed by atoms with Crippen LogP contribution in [0.4, 0.5) is 0 Å². The largest absolute Gasteiger partial charge is 0.481 e. The van der Waals surface area contributed by atoms with E-state index in [1.807, 2.05) is 6.92 Å². The van der Waals surface area contributed by atoms with Crippen molar-refractivity contribution in [3.63, 3.8) is 0 Å². The van der Waals surface area contributed by atoms with Crippen LogP contribution in [0.5, 0.6) is 0 Å². The lowest BCUT2D eigenvalue weighted by Crippen LogP contribution is -2.44. The van der Waals surface area contributed by atoms with Crippen LogP contribution in [0, 0.1) is 5.41 Å².